The number of rotatable bonds is 9. The number of nitrogens with one attached hydrogen (secondary N) is 2. The van der Waals surface area contributed by atoms with Gasteiger partial charge >= 0.3 is 0 Å². The Morgan fingerprint density at radius 2 is 1.62 bits per heavy atom. The minimum absolute atomic E-state index is 0.0193. The van der Waals surface area contributed by atoms with Crippen LogP contribution < -0.4 is 10.0 Å². The van der Waals surface area contributed by atoms with Gasteiger partial charge in [-0.15, -0.1) is 11.3 Å². The number of halogens is 3. The number of sulfone groups is 1. The Morgan fingerprint density at radius 1 is 0.956 bits per heavy atom. The number of nitrogens with zero attached hydrogens (tertiary/aromatic N) is 3. The van der Waals surface area contributed by atoms with Crippen molar-refractivity contribution in [1.82, 2.24) is 15.0 Å². The molecule has 0 atom stereocenters. The predicted octanol–water partition coefficient (Wildman–Crippen LogP) is 6.77. The lowest BCUT2D eigenvalue weighted by Crippen LogP contribution is -2.41. The van der Waals surface area contributed by atoms with Crippen molar-refractivity contribution in [1.29, 1.82) is 0 Å². The molecule has 2 aromatic carbocycles. The van der Waals surface area contributed by atoms with Gasteiger partial charge < -0.3 is 5.32 Å². The molecule has 9 nitrogen and oxygen atoms in total. The van der Waals surface area contributed by atoms with E-state index in [-0.39, 0.29) is 12.0 Å². The maximum atomic E-state index is 14.9. The summed E-state index contributed by atoms with van der Waals surface area (Å²) in [5.41, 5.74) is 0.765. The molecule has 0 spiro atoms. The smallest absolute Gasteiger partial charge is 0.267 e. The molecule has 0 aliphatic heterocycles. The van der Waals surface area contributed by atoms with Gasteiger partial charge in [-0.2, -0.15) is 0 Å². The Balaban J connectivity index is 1.46. The molecule has 5 rings (SSSR count). The van der Waals surface area contributed by atoms with E-state index in [1.165, 1.54) is 29.7 Å². The van der Waals surface area contributed by atoms with Crippen molar-refractivity contribution >= 4 is 42.8 Å². The van der Waals surface area contributed by atoms with Crippen molar-refractivity contribution in [2.45, 2.75) is 68.1 Å². The van der Waals surface area contributed by atoms with Gasteiger partial charge in [-0.05, 0) is 69.0 Å². The number of sulfonamides is 1. The van der Waals surface area contributed by atoms with E-state index in [2.05, 4.69) is 10.3 Å². The summed E-state index contributed by atoms with van der Waals surface area (Å²) in [6, 6.07) is 7.99. The van der Waals surface area contributed by atoms with Crippen molar-refractivity contribution in [3.63, 3.8) is 0 Å². The van der Waals surface area contributed by atoms with Crippen LogP contribution in [-0.2, 0) is 19.9 Å². The SMILES string of the molecule is CC(C)c1nc(-c2ccc(F)c(NS(=O)(=O)c3c(F)cccc3F)c2)c(-c2ccnc(NC3CCC(C)(S(C)(=O)=O)CC3)n2)s1. The van der Waals surface area contributed by atoms with Crippen LogP contribution in [0.2, 0.25) is 0 Å². The van der Waals surface area contributed by atoms with Gasteiger partial charge in [0, 0.05) is 30.0 Å². The van der Waals surface area contributed by atoms with Crippen LogP contribution in [0.15, 0.2) is 53.6 Å². The highest BCUT2D eigenvalue weighted by Crippen LogP contribution is 2.40. The van der Waals surface area contributed by atoms with E-state index in [1.54, 1.807) is 19.2 Å². The first-order chi connectivity index (χ1) is 21.1. The monoisotopic (exact) mass is 679 g/mol. The molecule has 1 aliphatic rings. The molecule has 1 fully saturated rings. The van der Waals surface area contributed by atoms with E-state index in [1.807, 2.05) is 18.6 Å². The predicted molar refractivity (Wildman–Crippen MR) is 169 cm³/mol. The Bertz CT molecular complexity index is 1940. The molecule has 240 valence electrons. The number of hydrogen-bond acceptors (Lipinski definition) is 9. The molecule has 1 aliphatic carbocycles. The summed E-state index contributed by atoms with van der Waals surface area (Å²) in [4.78, 5) is 13.2. The standard InChI is InChI=1S/C30H32F3N5O4S3/c1-17(2)28-37-25(18-8-9-20(31)24(16-18)38-45(41,42)27-21(32)6-5-7-22(27)33)26(43-28)23-12-15-34-29(36-23)35-19-10-13-30(3,14-11-19)44(4,39)40/h5-9,12,15-17,19,38H,10-11,13-14H2,1-4H3,(H,34,35,36). The second-order valence-electron chi connectivity index (χ2n) is 11.6. The molecule has 1 saturated carbocycles. The minimum Gasteiger partial charge on any atom is -0.351 e. The second-order valence-corrected chi connectivity index (χ2v) is 16.8. The summed E-state index contributed by atoms with van der Waals surface area (Å²) in [6.07, 6.45) is 5.14. The topological polar surface area (TPSA) is 131 Å². The van der Waals surface area contributed by atoms with Gasteiger partial charge in [-0.3, -0.25) is 4.72 Å². The summed E-state index contributed by atoms with van der Waals surface area (Å²) < 4.78 is 94.9. The summed E-state index contributed by atoms with van der Waals surface area (Å²) in [5, 5.41) is 4.07. The average Bonchev–Trinajstić information content (AvgIpc) is 3.41. The lowest BCUT2D eigenvalue weighted by molar-refractivity contribution is 0.373. The Morgan fingerprint density at radius 3 is 2.24 bits per heavy atom. The third kappa shape index (κ3) is 6.84. The quantitative estimate of drug-likeness (QED) is 0.198. The molecular formula is C30H32F3N5O4S3. The zero-order chi connectivity index (χ0) is 32.7. The number of thiazole rings is 1. The maximum Gasteiger partial charge on any atom is 0.267 e. The Kier molecular flexibility index (Phi) is 8.99. The number of aromatic nitrogens is 3. The highest BCUT2D eigenvalue weighted by molar-refractivity contribution is 7.92. The van der Waals surface area contributed by atoms with E-state index < -0.39 is 52.6 Å². The van der Waals surface area contributed by atoms with Crippen molar-refractivity contribution in [3.8, 4) is 21.8 Å². The van der Waals surface area contributed by atoms with Crippen LogP contribution in [0.5, 0.6) is 0 Å². The molecule has 2 heterocycles. The van der Waals surface area contributed by atoms with Gasteiger partial charge in [-0.1, -0.05) is 19.9 Å². The van der Waals surface area contributed by atoms with E-state index in [4.69, 9.17) is 9.97 Å². The Labute approximate surface area is 264 Å². The number of benzene rings is 2. The second kappa shape index (κ2) is 12.3. The molecule has 0 bridgehead atoms. The van der Waals surface area contributed by atoms with Crippen LogP contribution in [-0.4, -0.2) is 48.8 Å². The van der Waals surface area contributed by atoms with Gasteiger partial charge in [0.15, 0.2) is 14.7 Å². The van der Waals surface area contributed by atoms with Gasteiger partial charge in [0.25, 0.3) is 10.0 Å². The summed E-state index contributed by atoms with van der Waals surface area (Å²) >= 11 is 1.37. The fraction of sp³-hybridized carbons (Fsp3) is 0.367. The number of hydrogen-bond donors (Lipinski definition) is 2. The molecule has 15 heteroatoms. The molecule has 0 saturated heterocycles. The zero-order valence-electron chi connectivity index (χ0n) is 24.9. The highest BCUT2D eigenvalue weighted by atomic mass is 32.2. The summed E-state index contributed by atoms with van der Waals surface area (Å²) in [7, 11) is -8.02. The first-order valence-corrected chi connectivity index (χ1v) is 18.3. The van der Waals surface area contributed by atoms with E-state index in [9.17, 15) is 30.0 Å². The fourth-order valence-corrected chi connectivity index (χ4v) is 8.35. The van der Waals surface area contributed by atoms with Crippen LogP contribution in [0.1, 0.15) is 57.4 Å². The number of anilines is 2. The van der Waals surface area contributed by atoms with Crippen LogP contribution in [0.3, 0.4) is 0 Å². The zero-order valence-corrected chi connectivity index (χ0v) is 27.4. The molecule has 2 N–H and O–H groups in total. The van der Waals surface area contributed by atoms with Crippen LogP contribution in [0, 0.1) is 17.5 Å². The largest absolute Gasteiger partial charge is 0.351 e. The van der Waals surface area contributed by atoms with Gasteiger partial charge in [0.05, 0.1) is 31.7 Å². The van der Waals surface area contributed by atoms with Crippen LogP contribution >= 0.6 is 11.3 Å². The summed E-state index contributed by atoms with van der Waals surface area (Å²) in [6.45, 7) is 5.69. The molecular weight excluding hydrogens is 648 g/mol. The van der Waals surface area contributed by atoms with Crippen molar-refractivity contribution in [2.75, 3.05) is 16.3 Å². The normalized spacial score (nSPS) is 19.1. The summed E-state index contributed by atoms with van der Waals surface area (Å²) in [5.74, 6) is -3.20. The van der Waals surface area contributed by atoms with E-state index >= 15 is 0 Å². The van der Waals surface area contributed by atoms with Crippen LogP contribution in [0.4, 0.5) is 24.8 Å². The molecule has 0 radical (unpaired) electrons. The first-order valence-electron chi connectivity index (χ1n) is 14.1. The third-order valence-corrected chi connectivity index (χ3v) is 13.0. The van der Waals surface area contributed by atoms with Crippen molar-refractivity contribution in [3.05, 3.63) is 71.1 Å². The lowest BCUT2D eigenvalue weighted by atomic mass is 9.86. The molecule has 2 aromatic heterocycles. The molecule has 4 aromatic rings. The molecule has 0 unspecified atom stereocenters. The van der Waals surface area contributed by atoms with Crippen LogP contribution in [0.25, 0.3) is 21.8 Å². The minimum atomic E-state index is -4.82. The first kappa shape index (κ1) is 32.8. The molecule has 0 amide bonds. The van der Waals surface area contributed by atoms with Gasteiger partial charge in [0.2, 0.25) is 5.95 Å². The Hall–Kier alpha value is -3.56. The van der Waals surface area contributed by atoms with Crippen molar-refractivity contribution in [2.24, 2.45) is 0 Å². The maximum absolute atomic E-state index is 14.9. The molecule has 45 heavy (non-hydrogen) atoms. The third-order valence-electron chi connectivity index (χ3n) is 7.97. The lowest BCUT2D eigenvalue weighted by Gasteiger charge is -2.36. The highest BCUT2D eigenvalue weighted by Gasteiger charge is 2.39. The average molecular weight is 680 g/mol. The van der Waals surface area contributed by atoms with Crippen molar-refractivity contribution < 1.29 is 30.0 Å². The fourth-order valence-electron chi connectivity index (χ4n) is 5.12. The van der Waals surface area contributed by atoms with E-state index in [0.717, 1.165) is 29.3 Å². The van der Waals surface area contributed by atoms with Gasteiger partial charge in [0.1, 0.15) is 17.5 Å². The van der Waals surface area contributed by atoms with E-state index in [0.29, 0.717) is 53.5 Å². The van der Waals surface area contributed by atoms with Gasteiger partial charge in [-0.25, -0.2) is 45.0 Å².